The van der Waals surface area contributed by atoms with E-state index in [-0.39, 0.29) is 11.3 Å². The smallest absolute Gasteiger partial charge is 0.292 e. The molecule has 7 heteroatoms. The molecule has 7 nitrogen and oxygen atoms in total. The van der Waals surface area contributed by atoms with E-state index in [2.05, 4.69) is 51.4 Å². The lowest BCUT2D eigenvalue weighted by Crippen LogP contribution is -2.27. The second-order valence-electron chi connectivity index (χ2n) is 7.52. The Kier molecular flexibility index (Phi) is 5.25. The molecular weight excluding hydrogens is 390 g/mol. The summed E-state index contributed by atoms with van der Waals surface area (Å²) in [6, 6.07) is 17.2. The van der Waals surface area contributed by atoms with Crippen molar-refractivity contribution in [2.75, 3.05) is 0 Å². The van der Waals surface area contributed by atoms with Crippen molar-refractivity contribution in [3.05, 3.63) is 93.2 Å². The Balaban J connectivity index is 1.60. The zero-order valence-electron chi connectivity index (χ0n) is 17.9. The maximum absolute atomic E-state index is 12.7. The van der Waals surface area contributed by atoms with Crippen LogP contribution in [0.25, 0.3) is 16.5 Å². The number of nitrogens with one attached hydrogen (secondary N) is 1. The molecule has 1 amide bonds. The summed E-state index contributed by atoms with van der Waals surface area (Å²) in [7, 11) is 1.52. The normalized spacial score (nSPS) is 11.4. The van der Waals surface area contributed by atoms with E-state index in [1.807, 2.05) is 19.9 Å². The standard InChI is InChI=1S/C24H23N5O2/c1-15-9-11-19(12-10-15)29-16(2)13-18(17(29)3)14-25-26-23(30)22-20-7-5-6-8-21(20)24(31)28(4)27-22/h5-14H,1-4H3,(H,26,30)/b25-14+. The predicted octanol–water partition coefficient (Wildman–Crippen LogP) is 3.41. The molecule has 0 unspecified atom stereocenters. The number of fused-ring (bicyclic) bond motifs is 1. The SMILES string of the molecule is Cc1ccc(-n2c(C)cc(/C=N/NC(=O)c3nn(C)c(=O)c4ccccc34)c2C)cc1. The van der Waals surface area contributed by atoms with E-state index in [0.717, 1.165) is 27.3 Å². The molecule has 2 aromatic carbocycles. The maximum Gasteiger partial charge on any atom is 0.292 e. The van der Waals surface area contributed by atoms with E-state index in [0.29, 0.717) is 10.8 Å². The predicted molar refractivity (Wildman–Crippen MR) is 122 cm³/mol. The molecule has 156 valence electrons. The van der Waals surface area contributed by atoms with Crippen LogP contribution < -0.4 is 11.0 Å². The first-order valence-electron chi connectivity index (χ1n) is 9.92. The zero-order valence-corrected chi connectivity index (χ0v) is 17.9. The van der Waals surface area contributed by atoms with Crippen molar-refractivity contribution in [1.29, 1.82) is 0 Å². The van der Waals surface area contributed by atoms with Crippen LogP contribution in [0.3, 0.4) is 0 Å². The molecule has 0 bridgehead atoms. The van der Waals surface area contributed by atoms with Gasteiger partial charge in [-0.3, -0.25) is 9.59 Å². The monoisotopic (exact) mass is 413 g/mol. The Bertz CT molecular complexity index is 1380. The lowest BCUT2D eigenvalue weighted by Gasteiger charge is -2.09. The fraction of sp³-hybridized carbons (Fsp3) is 0.167. The summed E-state index contributed by atoms with van der Waals surface area (Å²) in [5, 5.41) is 9.19. The largest absolute Gasteiger partial charge is 0.318 e. The van der Waals surface area contributed by atoms with Gasteiger partial charge in [0.1, 0.15) is 0 Å². The second-order valence-corrected chi connectivity index (χ2v) is 7.52. The number of amides is 1. The van der Waals surface area contributed by atoms with Crippen molar-refractivity contribution < 1.29 is 4.79 Å². The molecule has 0 aliphatic heterocycles. The van der Waals surface area contributed by atoms with E-state index >= 15 is 0 Å². The van der Waals surface area contributed by atoms with Crippen LogP contribution in [0.2, 0.25) is 0 Å². The molecular formula is C24H23N5O2. The van der Waals surface area contributed by atoms with Gasteiger partial charge in [-0.15, -0.1) is 0 Å². The molecule has 0 atom stereocenters. The Hall–Kier alpha value is -4.00. The lowest BCUT2D eigenvalue weighted by molar-refractivity contribution is 0.0950. The van der Waals surface area contributed by atoms with Gasteiger partial charge in [0.05, 0.1) is 11.6 Å². The van der Waals surface area contributed by atoms with E-state index in [4.69, 9.17) is 0 Å². The van der Waals surface area contributed by atoms with Gasteiger partial charge in [0.25, 0.3) is 11.5 Å². The van der Waals surface area contributed by atoms with Gasteiger partial charge in [0.15, 0.2) is 5.69 Å². The first kappa shape index (κ1) is 20.3. The first-order chi connectivity index (χ1) is 14.9. The van der Waals surface area contributed by atoms with Crippen LogP contribution in [0.15, 0.2) is 64.5 Å². The van der Waals surface area contributed by atoms with Crippen LogP contribution in [-0.4, -0.2) is 26.5 Å². The fourth-order valence-electron chi connectivity index (χ4n) is 3.69. The summed E-state index contributed by atoms with van der Waals surface area (Å²) >= 11 is 0. The van der Waals surface area contributed by atoms with Crippen LogP contribution in [0, 0.1) is 20.8 Å². The number of aryl methyl sites for hydroxylation is 3. The van der Waals surface area contributed by atoms with Gasteiger partial charge in [-0.1, -0.05) is 35.9 Å². The Labute approximate surface area is 179 Å². The average Bonchev–Trinajstić information content (AvgIpc) is 3.04. The third-order valence-electron chi connectivity index (χ3n) is 5.30. The topological polar surface area (TPSA) is 81.3 Å². The lowest BCUT2D eigenvalue weighted by atomic mass is 10.1. The number of benzene rings is 2. The Morgan fingerprint density at radius 2 is 1.71 bits per heavy atom. The van der Waals surface area contributed by atoms with Crippen molar-refractivity contribution in [2.24, 2.45) is 12.1 Å². The number of nitrogens with zero attached hydrogens (tertiary/aromatic N) is 4. The molecule has 0 saturated carbocycles. The van der Waals surface area contributed by atoms with Crippen molar-refractivity contribution in [3.63, 3.8) is 0 Å². The molecule has 2 aromatic heterocycles. The quantitative estimate of drug-likeness (QED) is 0.411. The summed E-state index contributed by atoms with van der Waals surface area (Å²) < 4.78 is 3.31. The number of carbonyl (C=O) groups excluding carboxylic acids is 1. The highest BCUT2D eigenvalue weighted by atomic mass is 16.2. The fourth-order valence-corrected chi connectivity index (χ4v) is 3.69. The number of hydrogen-bond donors (Lipinski definition) is 1. The summed E-state index contributed by atoms with van der Waals surface area (Å²) in [5.41, 5.74) is 7.70. The molecule has 0 saturated heterocycles. The molecule has 0 aliphatic rings. The molecule has 31 heavy (non-hydrogen) atoms. The summed E-state index contributed by atoms with van der Waals surface area (Å²) in [6.07, 6.45) is 1.62. The van der Waals surface area contributed by atoms with Crippen LogP contribution in [0.4, 0.5) is 0 Å². The number of hydrazone groups is 1. The van der Waals surface area contributed by atoms with Gasteiger partial charge in [-0.2, -0.15) is 10.2 Å². The minimum absolute atomic E-state index is 0.153. The van der Waals surface area contributed by atoms with Gasteiger partial charge in [0, 0.05) is 35.1 Å². The molecule has 0 fully saturated rings. The third kappa shape index (κ3) is 3.77. The van der Waals surface area contributed by atoms with Crippen LogP contribution in [-0.2, 0) is 7.05 Å². The molecule has 4 aromatic rings. The van der Waals surface area contributed by atoms with Gasteiger partial charge in [-0.05, 0) is 45.0 Å². The van der Waals surface area contributed by atoms with Crippen molar-refractivity contribution in [1.82, 2.24) is 19.8 Å². The molecule has 1 N–H and O–H groups in total. The number of aromatic nitrogens is 3. The summed E-state index contributed by atoms with van der Waals surface area (Å²) in [5.74, 6) is -0.476. The minimum Gasteiger partial charge on any atom is -0.318 e. The molecule has 0 aliphatic carbocycles. The Morgan fingerprint density at radius 3 is 2.42 bits per heavy atom. The molecule has 2 heterocycles. The highest BCUT2D eigenvalue weighted by molar-refractivity contribution is 6.05. The highest BCUT2D eigenvalue weighted by Gasteiger charge is 2.15. The van der Waals surface area contributed by atoms with Crippen molar-refractivity contribution in [2.45, 2.75) is 20.8 Å². The number of rotatable bonds is 4. The molecule has 4 rings (SSSR count). The van der Waals surface area contributed by atoms with E-state index in [9.17, 15) is 9.59 Å². The summed E-state index contributed by atoms with van der Waals surface area (Å²) in [6.45, 7) is 6.10. The maximum atomic E-state index is 12.7. The van der Waals surface area contributed by atoms with Gasteiger partial charge in [-0.25, -0.2) is 10.1 Å². The molecule has 0 radical (unpaired) electrons. The second kappa shape index (κ2) is 8.02. The third-order valence-corrected chi connectivity index (χ3v) is 5.30. The van der Waals surface area contributed by atoms with E-state index in [1.54, 1.807) is 30.5 Å². The summed E-state index contributed by atoms with van der Waals surface area (Å²) in [4.78, 5) is 25.0. The van der Waals surface area contributed by atoms with E-state index in [1.165, 1.54) is 12.6 Å². The van der Waals surface area contributed by atoms with E-state index < -0.39 is 5.91 Å². The van der Waals surface area contributed by atoms with Gasteiger partial charge < -0.3 is 4.57 Å². The van der Waals surface area contributed by atoms with Crippen LogP contribution in [0.5, 0.6) is 0 Å². The van der Waals surface area contributed by atoms with Crippen molar-refractivity contribution in [3.8, 4) is 5.69 Å². The van der Waals surface area contributed by atoms with Gasteiger partial charge >= 0.3 is 0 Å². The van der Waals surface area contributed by atoms with Crippen molar-refractivity contribution >= 4 is 22.9 Å². The first-order valence-corrected chi connectivity index (χ1v) is 9.92. The molecule has 0 spiro atoms. The van der Waals surface area contributed by atoms with Crippen LogP contribution in [0.1, 0.15) is 33.0 Å². The Morgan fingerprint density at radius 1 is 1.03 bits per heavy atom. The van der Waals surface area contributed by atoms with Crippen LogP contribution >= 0.6 is 0 Å². The van der Waals surface area contributed by atoms with Gasteiger partial charge in [0.2, 0.25) is 0 Å². The number of hydrogen-bond acceptors (Lipinski definition) is 4. The number of carbonyl (C=O) groups is 1. The highest BCUT2D eigenvalue weighted by Crippen LogP contribution is 2.20. The zero-order chi connectivity index (χ0) is 22.1. The minimum atomic E-state index is -0.476. The average molecular weight is 413 g/mol.